The number of urea groups is 1. The highest BCUT2D eigenvalue weighted by molar-refractivity contribution is 5.89. The van der Waals surface area contributed by atoms with E-state index >= 15 is 0 Å². The van der Waals surface area contributed by atoms with E-state index in [9.17, 15) is 9.18 Å². The number of halogens is 1. The normalized spacial score (nSPS) is 14.7. The first-order chi connectivity index (χ1) is 14.5. The van der Waals surface area contributed by atoms with Crippen LogP contribution < -0.4 is 5.32 Å². The molecule has 0 radical (unpaired) electrons. The minimum absolute atomic E-state index is 0.0949. The van der Waals surface area contributed by atoms with Gasteiger partial charge < -0.3 is 10.2 Å². The average molecular weight is 409 g/mol. The Kier molecular flexibility index (Phi) is 5.71. The summed E-state index contributed by atoms with van der Waals surface area (Å²) in [5.41, 5.74) is 3.73. The summed E-state index contributed by atoms with van der Waals surface area (Å²) in [6.07, 6.45) is 0. The summed E-state index contributed by atoms with van der Waals surface area (Å²) in [7, 11) is 0. The molecular formula is C21H24FN7O. The van der Waals surface area contributed by atoms with Gasteiger partial charge in [-0.25, -0.2) is 9.18 Å². The van der Waals surface area contributed by atoms with E-state index in [1.165, 1.54) is 17.7 Å². The van der Waals surface area contributed by atoms with E-state index in [1.54, 1.807) is 21.7 Å². The molecule has 2 amide bonds. The van der Waals surface area contributed by atoms with Crippen LogP contribution in [-0.2, 0) is 6.54 Å². The number of piperazine rings is 1. The lowest BCUT2D eigenvalue weighted by Crippen LogP contribution is -2.49. The number of hydrogen-bond donors (Lipinski definition) is 1. The number of aryl methyl sites for hydroxylation is 2. The zero-order chi connectivity index (χ0) is 21.1. The Labute approximate surface area is 174 Å². The monoisotopic (exact) mass is 409 g/mol. The highest BCUT2D eigenvalue weighted by Gasteiger charge is 2.23. The Morgan fingerprint density at radius 2 is 1.87 bits per heavy atom. The van der Waals surface area contributed by atoms with Crippen LogP contribution >= 0.6 is 0 Å². The van der Waals surface area contributed by atoms with E-state index in [0.717, 1.165) is 11.3 Å². The maximum Gasteiger partial charge on any atom is 0.321 e. The lowest BCUT2D eigenvalue weighted by Gasteiger charge is -2.34. The number of tetrazole rings is 1. The van der Waals surface area contributed by atoms with Gasteiger partial charge in [0.15, 0.2) is 5.82 Å². The number of nitrogens with one attached hydrogen (secondary N) is 1. The molecule has 1 fully saturated rings. The van der Waals surface area contributed by atoms with Gasteiger partial charge in [-0.2, -0.15) is 4.68 Å². The molecule has 0 spiro atoms. The number of anilines is 1. The van der Waals surface area contributed by atoms with Crippen molar-refractivity contribution in [3.63, 3.8) is 0 Å². The highest BCUT2D eigenvalue weighted by atomic mass is 19.1. The summed E-state index contributed by atoms with van der Waals surface area (Å²) in [5.74, 6) is 0.297. The Balaban J connectivity index is 1.34. The molecule has 0 aliphatic carbocycles. The van der Waals surface area contributed by atoms with Gasteiger partial charge in [-0.1, -0.05) is 12.1 Å². The van der Waals surface area contributed by atoms with Crippen molar-refractivity contribution in [2.24, 2.45) is 0 Å². The molecule has 0 atom stereocenters. The van der Waals surface area contributed by atoms with Crippen LogP contribution in [0.15, 0.2) is 42.5 Å². The molecule has 1 aliphatic heterocycles. The molecule has 30 heavy (non-hydrogen) atoms. The third-order valence-electron chi connectivity index (χ3n) is 5.37. The molecular weight excluding hydrogens is 385 g/mol. The first-order valence-electron chi connectivity index (χ1n) is 9.88. The molecule has 0 unspecified atom stereocenters. The van der Waals surface area contributed by atoms with Gasteiger partial charge in [0, 0.05) is 31.9 Å². The number of nitrogens with zero attached hydrogens (tertiary/aromatic N) is 6. The van der Waals surface area contributed by atoms with E-state index in [0.29, 0.717) is 44.2 Å². The topological polar surface area (TPSA) is 79.2 Å². The summed E-state index contributed by atoms with van der Waals surface area (Å²) in [4.78, 5) is 16.6. The van der Waals surface area contributed by atoms with Crippen LogP contribution in [0.3, 0.4) is 0 Å². The third-order valence-corrected chi connectivity index (χ3v) is 5.37. The van der Waals surface area contributed by atoms with Crippen LogP contribution in [0, 0.1) is 19.7 Å². The third kappa shape index (κ3) is 4.46. The van der Waals surface area contributed by atoms with E-state index in [4.69, 9.17) is 0 Å². The lowest BCUT2D eigenvalue weighted by atomic mass is 10.1. The predicted octanol–water partition coefficient (Wildman–Crippen LogP) is 2.77. The summed E-state index contributed by atoms with van der Waals surface area (Å²) in [5, 5.41) is 14.8. The van der Waals surface area contributed by atoms with Crippen molar-refractivity contribution in [2.75, 3.05) is 31.5 Å². The molecule has 1 aromatic heterocycles. The zero-order valence-corrected chi connectivity index (χ0v) is 17.0. The van der Waals surface area contributed by atoms with E-state index in [-0.39, 0.29) is 11.8 Å². The van der Waals surface area contributed by atoms with Gasteiger partial charge >= 0.3 is 6.03 Å². The number of carbonyl (C=O) groups excluding carboxylic acids is 1. The van der Waals surface area contributed by atoms with Crippen molar-refractivity contribution >= 4 is 11.7 Å². The quantitative estimate of drug-likeness (QED) is 0.717. The molecule has 0 saturated carbocycles. The second-order valence-electron chi connectivity index (χ2n) is 7.48. The predicted molar refractivity (Wildman–Crippen MR) is 111 cm³/mol. The van der Waals surface area contributed by atoms with E-state index < -0.39 is 0 Å². The fourth-order valence-corrected chi connectivity index (χ4v) is 3.44. The number of hydrogen-bond acceptors (Lipinski definition) is 5. The van der Waals surface area contributed by atoms with Gasteiger partial charge in [0.25, 0.3) is 0 Å². The molecule has 9 heteroatoms. The fourth-order valence-electron chi connectivity index (χ4n) is 3.44. The fraction of sp³-hybridized carbons (Fsp3) is 0.333. The first-order valence-corrected chi connectivity index (χ1v) is 9.88. The second-order valence-corrected chi connectivity index (χ2v) is 7.48. The second kappa shape index (κ2) is 8.58. The molecule has 2 aromatic carbocycles. The van der Waals surface area contributed by atoms with Crippen LogP contribution in [0.2, 0.25) is 0 Å². The molecule has 8 nitrogen and oxygen atoms in total. The Bertz CT molecular complexity index is 1040. The molecule has 0 bridgehead atoms. The minimum atomic E-state index is -0.336. The molecule has 1 N–H and O–H groups in total. The zero-order valence-electron chi connectivity index (χ0n) is 17.0. The molecule has 3 aromatic rings. The summed E-state index contributed by atoms with van der Waals surface area (Å²) < 4.78 is 15.1. The van der Waals surface area contributed by atoms with Gasteiger partial charge in [-0.05, 0) is 65.7 Å². The smallest absolute Gasteiger partial charge is 0.321 e. The van der Waals surface area contributed by atoms with Crippen molar-refractivity contribution in [3.8, 4) is 5.69 Å². The van der Waals surface area contributed by atoms with Gasteiger partial charge in [-0.15, -0.1) is 5.10 Å². The lowest BCUT2D eigenvalue weighted by molar-refractivity contribution is 0.140. The number of carbonyl (C=O) groups is 1. The van der Waals surface area contributed by atoms with Crippen LogP contribution in [0.1, 0.15) is 17.0 Å². The van der Waals surface area contributed by atoms with Crippen LogP contribution in [-0.4, -0.2) is 62.2 Å². The largest absolute Gasteiger partial charge is 0.322 e. The maximum absolute atomic E-state index is 13.5. The summed E-state index contributed by atoms with van der Waals surface area (Å²) >= 11 is 0. The van der Waals surface area contributed by atoms with Gasteiger partial charge in [0.05, 0.1) is 12.2 Å². The first kappa shape index (κ1) is 20.0. The Morgan fingerprint density at radius 1 is 1.07 bits per heavy atom. The van der Waals surface area contributed by atoms with E-state index in [2.05, 4.69) is 25.7 Å². The average Bonchev–Trinajstić information content (AvgIpc) is 3.19. The standard InChI is InChI=1S/C21H24FN7O/c1-15-6-7-18(12-16(15)2)23-21(30)28-10-8-27(9-11-28)14-20-24-25-26-29(20)19-5-3-4-17(22)13-19/h3-7,12-13H,8-11,14H2,1-2H3,(H,23,30). The Morgan fingerprint density at radius 3 is 2.60 bits per heavy atom. The van der Waals surface area contributed by atoms with E-state index in [1.807, 2.05) is 32.0 Å². The highest BCUT2D eigenvalue weighted by Crippen LogP contribution is 2.16. The maximum atomic E-state index is 13.5. The molecule has 2 heterocycles. The van der Waals surface area contributed by atoms with Crippen molar-refractivity contribution in [2.45, 2.75) is 20.4 Å². The molecule has 1 saturated heterocycles. The Hall–Kier alpha value is -3.33. The van der Waals surface area contributed by atoms with Crippen LogP contribution in [0.5, 0.6) is 0 Å². The number of aromatic nitrogens is 4. The van der Waals surface area contributed by atoms with Gasteiger partial charge in [-0.3, -0.25) is 4.90 Å². The van der Waals surface area contributed by atoms with Gasteiger partial charge in [0.1, 0.15) is 5.82 Å². The molecule has 1 aliphatic rings. The number of amides is 2. The number of rotatable bonds is 4. The van der Waals surface area contributed by atoms with Crippen molar-refractivity contribution < 1.29 is 9.18 Å². The molecule has 156 valence electrons. The van der Waals surface area contributed by atoms with Crippen LogP contribution in [0.4, 0.5) is 14.9 Å². The van der Waals surface area contributed by atoms with Crippen molar-refractivity contribution in [1.29, 1.82) is 0 Å². The van der Waals surface area contributed by atoms with Crippen molar-refractivity contribution in [1.82, 2.24) is 30.0 Å². The molecule has 4 rings (SSSR count). The summed E-state index contributed by atoms with van der Waals surface area (Å²) in [6, 6.07) is 12.0. The summed E-state index contributed by atoms with van der Waals surface area (Å²) in [6.45, 7) is 7.23. The van der Waals surface area contributed by atoms with Crippen LogP contribution in [0.25, 0.3) is 5.69 Å². The van der Waals surface area contributed by atoms with Crippen molar-refractivity contribution in [3.05, 3.63) is 65.2 Å². The number of benzene rings is 2. The minimum Gasteiger partial charge on any atom is -0.322 e. The SMILES string of the molecule is Cc1ccc(NC(=O)N2CCN(Cc3nnnn3-c3cccc(F)c3)CC2)cc1C. The van der Waals surface area contributed by atoms with Gasteiger partial charge in [0.2, 0.25) is 0 Å².